The van der Waals surface area contributed by atoms with Gasteiger partial charge in [0.25, 0.3) is 0 Å². The van der Waals surface area contributed by atoms with E-state index in [9.17, 15) is 15.3 Å². The Morgan fingerprint density at radius 2 is 1.61 bits per heavy atom. The third kappa shape index (κ3) is 3.70. The van der Waals surface area contributed by atoms with Gasteiger partial charge in [-0.25, -0.2) is 0 Å². The fraction of sp³-hybridized carbons (Fsp3) is 0.933. The molecule has 0 aliphatic heterocycles. The van der Waals surface area contributed by atoms with Crippen molar-refractivity contribution >= 4 is 0 Å². The van der Waals surface area contributed by atoms with Crippen LogP contribution in [0.4, 0.5) is 0 Å². The zero-order chi connectivity index (χ0) is 24.4. The molecule has 3 nitrogen and oxygen atoms in total. The highest BCUT2D eigenvalue weighted by molar-refractivity contribution is 5.22. The van der Waals surface area contributed by atoms with Crippen LogP contribution in [0.3, 0.4) is 0 Å². The van der Waals surface area contributed by atoms with Gasteiger partial charge in [-0.3, -0.25) is 0 Å². The summed E-state index contributed by atoms with van der Waals surface area (Å²) in [5, 5.41) is 32.0. The first kappa shape index (κ1) is 25.7. The highest BCUT2D eigenvalue weighted by Gasteiger charge is 2.70. The first-order valence-corrected chi connectivity index (χ1v) is 14.0. The van der Waals surface area contributed by atoms with Crippen LogP contribution in [0.15, 0.2) is 11.6 Å². The van der Waals surface area contributed by atoms with Crippen molar-refractivity contribution in [3.63, 3.8) is 0 Å². The smallest absolute Gasteiger partial charge is 0.0594 e. The molecule has 0 saturated heterocycles. The van der Waals surface area contributed by atoms with Crippen molar-refractivity contribution in [3.05, 3.63) is 11.6 Å². The van der Waals surface area contributed by atoms with Gasteiger partial charge in [0.2, 0.25) is 0 Å². The lowest BCUT2D eigenvalue weighted by molar-refractivity contribution is -0.240. The summed E-state index contributed by atoms with van der Waals surface area (Å²) in [6.07, 6.45) is 11.8. The zero-order valence-electron chi connectivity index (χ0n) is 22.5. The quantitative estimate of drug-likeness (QED) is 0.418. The number of fused-ring (bicyclic) bond motifs is 5. The van der Waals surface area contributed by atoms with Crippen LogP contribution in [0.1, 0.15) is 106 Å². The van der Waals surface area contributed by atoms with Crippen LogP contribution < -0.4 is 0 Å². The summed E-state index contributed by atoms with van der Waals surface area (Å²) < 4.78 is 0. The average Bonchev–Trinajstić information content (AvgIpc) is 3.13. The Balaban J connectivity index is 1.62. The predicted molar refractivity (Wildman–Crippen MR) is 136 cm³/mol. The average molecular weight is 461 g/mol. The Hall–Kier alpha value is -0.380. The molecule has 0 bridgehead atoms. The van der Waals surface area contributed by atoms with Gasteiger partial charge in [0.1, 0.15) is 0 Å². The summed E-state index contributed by atoms with van der Waals surface area (Å²) >= 11 is 0. The van der Waals surface area contributed by atoms with Crippen molar-refractivity contribution in [3.8, 4) is 0 Å². The van der Waals surface area contributed by atoms with Gasteiger partial charge in [-0.2, -0.15) is 0 Å². The molecule has 0 radical (unpaired) electrons. The van der Waals surface area contributed by atoms with Gasteiger partial charge >= 0.3 is 0 Å². The van der Waals surface area contributed by atoms with Crippen molar-refractivity contribution in [2.45, 2.75) is 118 Å². The minimum absolute atomic E-state index is 0.0414. The molecule has 0 aromatic heterocycles. The first-order valence-electron chi connectivity index (χ1n) is 14.0. The molecule has 190 valence electrons. The van der Waals surface area contributed by atoms with E-state index in [2.05, 4.69) is 54.5 Å². The summed E-state index contributed by atoms with van der Waals surface area (Å²) in [5.41, 5.74) is 2.05. The highest BCUT2D eigenvalue weighted by atomic mass is 16.3. The van der Waals surface area contributed by atoms with E-state index in [-0.39, 0.29) is 40.5 Å². The number of aliphatic hydroxyl groups excluding tert-OH is 3. The normalized spacial score (nSPS) is 50.3. The minimum atomic E-state index is -0.231. The molecule has 4 rings (SSSR count). The van der Waals surface area contributed by atoms with Gasteiger partial charge in [0, 0.05) is 6.61 Å². The van der Waals surface area contributed by atoms with Gasteiger partial charge in [-0.1, -0.05) is 53.2 Å². The molecule has 3 N–H and O–H groups in total. The molecule has 0 heterocycles. The molecule has 0 amide bonds. The summed E-state index contributed by atoms with van der Waals surface area (Å²) in [4.78, 5) is 0. The molecule has 0 aromatic rings. The Morgan fingerprint density at radius 3 is 2.27 bits per heavy atom. The minimum Gasteiger partial charge on any atom is -0.396 e. The van der Waals surface area contributed by atoms with Gasteiger partial charge in [0.15, 0.2) is 0 Å². The van der Waals surface area contributed by atoms with Gasteiger partial charge < -0.3 is 15.3 Å². The van der Waals surface area contributed by atoms with E-state index in [1.54, 1.807) is 0 Å². The summed E-state index contributed by atoms with van der Waals surface area (Å²) in [6.45, 7) is 16.9. The highest BCUT2D eigenvalue weighted by Crippen LogP contribution is 2.75. The predicted octanol–water partition coefficient (Wildman–Crippen LogP) is 6.36. The Bertz CT molecular complexity index is 758. The van der Waals surface area contributed by atoms with E-state index in [4.69, 9.17) is 0 Å². The fourth-order valence-corrected chi connectivity index (χ4v) is 10.1. The van der Waals surface area contributed by atoms with Crippen LogP contribution in [0.5, 0.6) is 0 Å². The topological polar surface area (TPSA) is 60.7 Å². The van der Waals surface area contributed by atoms with E-state index in [1.807, 2.05) is 0 Å². The number of hydrogen-bond acceptors (Lipinski definition) is 3. The molecule has 4 aliphatic rings. The van der Waals surface area contributed by atoms with Crippen LogP contribution in [0.2, 0.25) is 0 Å². The molecular formula is C30H52O3. The molecule has 4 fully saturated rings. The van der Waals surface area contributed by atoms with Crippen LogP contribution >= 0.6 is 0 Å². The SMILES string of the molecule is C/C(=C\CCC(C)CO)[C@H]1CC[C@]2(C)[C@@H]1[C@H](O)C[C@@H]1[C@@]3(C)CC[C@H](O)C(C)(C)[C@@H]3CC[C@]12C. The van der Waals surface area contributed by atoms with E-state index in [0.29, 0.717) is 29.6 Å². The van der Waals surface area contributed by atoms with E-state index in [1.165, 1.54) is 31.3 Å². The van der Waals surface area contributed by atoms with Crippen molar-refractivity contribution in [2.75, 3.05) is 6.61 Å². The number of rotatable bonds is 5. The van der Waals surface area contributed by atoms with Gasteiger partial charge in [0.05, 0.1) is 12.2 Å². The van der Waals surface area contributed by atoms with Gasteiger partial charge in [-0.15, -0.1) is 0 Å². The zero-order valence-corrected chi connectivity index (χ0v) is 22.5. The third-order valence-corrected chi connectivity index (χ3v) is 12.4. The third-order valence-electron chi connectivity index (χ3n) is 12.4. The molecule has 0 spiro atoms. The summed E-state index contributed by atoms with van der Waals surface area (Å²) in [7, 11) is 0. The van der Waals surface area contributed by atoms with Crippen molar-refractivity contribution < 1.29 is 15.3 Å². The second-order valence-corrected chi connectivity index (χ2v) is 14.1. The number of aliphatic hydroxyl groups is 3. The lowest BCUT2D eigenvalue weighted by atomic mass is 9.35. The maximum atomic E-state index is 11.7. The molecule has 4 aliphatic carbocycles. The van der Waals surface area contributed by atoms with Crippen molar-refractivity contribution in [1.29, 1.82) is 0 Å². The Kier molecular flexibility index (Phi) is 6.72. The van der Waals surface area contributed by atoms with Crippen LogP contribution in [-0.4, -0.2) is 34.1 Å². The fourth-order valence-electron chi connectivity index (χ4n) is 10.1. The van der Waals surface area contributed by atoms with Crippen molar-refractivity contribution in [1.82, 2.24) is 0 Å². The Labute approximate surface area is 203 Å². The van der Waals surface area contributed by atoms with Gasteiger partial charge in [-0.05, 0) is 116 Å². The first-order chi connectivity index (χ1) is 15.3. The maximum absolute atomic E-state index is 11.7. The standard InChI is InChI=1S/C30H52O3/c1-19(18-31)9-8-10-20(2)21-11-15-30(7)26(21)22(32)17-24-28(5)14-13-25(33)27(3,4)23(28)12-16-29(24,30)6/h10,19,21-26,31-33H,8-9,11-18H2,1-7H3/b20-10+/t19?,21-,22-,23+,24-,25+,26+,28+,29-,30-/m1/s1. The van der Waals surface area contributed by atoms with E-state index < -0.39 is 0 Å². The van der Waals surface area contributed by atoms with Crippen molar-refractivity contribution in [2.24, 2.45) is 51.2 Å². The molecule has 3 heteroatoms. The summed E-state index contributed by atoms with van der Waals surface area (Å²) in [6, 6.07) is 0. The molecular weight excluding hydrogens is 408 g/mol. The largest absolute Gasteiger partial charge is 0.396 e. The molecule has 4 saturated carbocycles. The lowest BCUT2D eigenvalue weighted by Crippen LogP contribution is -2.66. The molecule has 1 unspecified atom stereocenters. The monoisotopic (exact) mass is 460 g/mol. The Morgan fingerprint density at radius 1 is 0.939 bits per heavy atom. The van der Waals surface area contributed by atoms with Crippen LogP contribution in [0, 0.1) is 51.2 Å². The number of allylic oxidation sites excluding steroid dienone is 2. The molecule has 33 heavy (non-hydrogen) atoms. The van der Waals surface area contributed by atoms with E-state index >= 15 is 0 Å². The molecule has 0 aromatic carbocycles. The lowest BCUT2D eigenvalue weighted by Gasteiger charge is -2.70. The maximum Gasteiger partial charge on any atom is 0.0594 e. The molecule has 10 atom stereocenters. The second-order valence-electron chi connectivity index (χ2n) is 14.1. The van der Waals surface area contributed by atoms with E-state index in [0.717, 1.165) is 32.1 Å². The van der Waals surface area contributed by atoms with Crippen LogP contribution in [0.25, 0.3) is 0 Å². The second kappa shape index (κ2) is 8.63. The summed E-state index contributed by atoms with van der Waals surface area (Å²) in [5.74, 6) is 2.26. The van der Waals surface area contributed by atoms with Crippen LogP contribution in [-0.2, 0) is 0 Å². The number of hydrogen-bond donors (Lipinski definition) is 3.